The van der Waals surface area contributed by atoms with Crippen molar-refractivity contribution in [1.82, 2.24) is 0 Å². The van der Waals surface area contributed by atoms with Crippen LogP contribution < -0.4 is 4.90 Å². The summed E-state index contributed by atoms with van der Waals surface area (Å²) < 4.78 is 1.12. The van der Waals surface area contributed by atoms with Crippen molar-refractivity contribution >= 4 is 27.7 Å². The Morgan fingerprint density at radius 3 is 2.45 bits per heavy atom. The van der Waals surface area contributed by atoms with Gasteiger partial charge in [0.15, 0.2) is 0 Å². The van der Waals surface area contributed by atoms with Crippen molar-refractivity contribution < 1.29 is 4.79 Å². The van der Waals surface area contributed by atoms with E-state index in [0.29, 0.717) is 0 Å². The Hall–Kier alpha value is -1.12. The van der Waals surface area contributed by atoms with Gasteiger partial charge in [-0.15, -0.1) is 0 Å². The van der Waals surface area contributed by atoms with Crippen LogP contribution in [0.1, 0.15) is 44.1 Å². The van der Waals surface area contributed by atoms with Gasteiger partial charge in [-0.1, -0.05) is 6.07 Å². The Morgan fingerprint density at radius 1 is 1.15 bits per heavy atom. The Balaban J connectivity index is 1.89. The van der Waals surface area contributed by atoms with E-state index in [0.717, 1.165) is 42.4 Å². The zero-order chi connectivity index (χ0) is 14.0. The average molecular weight is 335 g/mol. The first-order valence-electron chi connectivity index (χ1n) is 7.39. The van der Waals surface area contributed by atoms with Crippen molar-refractivity contribution in [3.63, 3.8) is 0 Å². The van der Waals surface area contributed by atoms with Crippen molar-refractivity contribution in [3.8, 4) is 0 Å². The number of carbonyl (C=O) groups excluding carboxylic acids is 1. The highest BCUT2D eigenvalue weighted by Crippen LogP contribution is 2.46. The molecule has 3 nitrogen and oxygen atoms in total. The van der Waals surface area contributed by atoms with Gasteiger partial charge >= 0.3 is 0 Å². The summed E-state index contributed by atoms with van der Waals surface area (Å²) in [5, 5.41) is 0. The Kier molecular flexibility index (Phi) is 3.95. The minimum atomic E-state index is -0.301. The summed E-state index contributed by atoms with van der Waals surface area (Å²) in [6.07, 6.45) is 8.68. The highest BCUT2D eigenvalue weighted by molar-refractivity contribution is 9.10. The van der Waals surface area contributed by atoms with Gasteiger partial charge in [0, 0.05) is 17.6 Å². The van der Waals surface area contributed by atoms with Crippen LogP contribution in [0, 0.1) is 0 Å². The van der Waals surface area contributed by atoms with Gasteiger partial charge in [0.2, 0.25) is 6.08 Å². The standard InChI is InChI=1S/C16H19BrN2O/c17-14-11-13(16(18-12-20)7-4-8-16)5-6-15(14)19-9-2-1-3-10-19/h5-6,11H,1-4,7-10H2. The predicted octanol–water partition coefficient (Wildman–Crippen LogP) is 4.15. The SMILES string of the molecule is O=C=NC1(c2ccc(N3CCCCC3)c(Br)c2)CCC1. The molecule has 20 heavy (non-hydrogen) atoms. The molecule has 1 aliphatic carbocycles. The zero-order valence-corrected chi connectivity index (χ0v) is 13.2. The fourth-order valence-corrected chi connectivity index (χ4v) is 3.88. The van der Waals surface area contributed by atoms with Gasteiger partial charge in [-0.05, 0) is 72.2 Å². The largest absolute Gasteiger partial charge is 0.371 e. The molecule has 1 saturated heterocycles. The van der Waals surface area contributed by atoms with E-state index >= 15 is 0 Å². The van der Waals surface area contributed by atoms with E-state index in [1.807, 2.05) is 0 Å². The molecule has 0 radical (unpaired) electrons. The fourth-order valence-electron chi connectivity index (χ4n) is 3.25. The maximum atomic E-state index is 10.7. The first kappa shape index (κ1) is 13.8. The normalized spacial score (nSPS) is 20.9. The van der Waals surface area contributed by atoms with Crippen LogP contribution in [0.25, 0.3) is 0 Å². The second-order valence-corrected chi connectivity index (χ2v) is 6.66. The molecule has 0 N–H and O–H groups in total. The number of anilines is 1. The maximum Gasteiger partial charge on any atom is 0.235 e. The lowest BCUT2D eigenvalue weighted by molar-refractivity contribution is 0.256. The lowest BCUT2D eigenvalue weighted by Gasteiger charge is -2.38. The summed E-state index contributed by atoms with van der Waals surface area (Å²) in [5.74, 6) is 0. The van der Waals surface area contributed by atoms with E-state index in [1.165, 1.54) is 24.9 Å². The van der Waals surface area contributed by atoms with Gasteiger partial charge in [-0.25, -0.2) is 4.79 Å². The van der Waals surface area contributed by atoms with Crippen LogP contribution >= 0.6 is 15.9 Å². The molecule has 1 aromatic carbocycles. The molecule has 1 aliphatic heterocycles. The molecule has 106 valence electrons. The van der Waals surface area contributed by atoms with Gasteiger partial charge in [-0.2, -0.15) is 4.99 Å². The van der Waals surface area contributed by atoms with Gasteiger partial charge in [-0.3, -0.25) is 0 Å². The predicted molar refractivity (Wildman–Crippen MR) is 83.9 cm³/mol. The smallest absolute Gasteiger partial charge is 0.235 e. The highest BCUT2D eigenvalue weighted by Gasteiger charge is 2.39. The highest BCUT2D eigenvalue weighted by atomic mass is 79.9. The van der Waals surface area contributed by atoms with E-state index in [1.54, 1.807) is 6.08 Å². The molecule has 0 bridgehead atoms. The van der Waals surface area contributed by atoms with Crippen molar-refractivity contribution in [3.05, 3.63) is 28.2 Å². The Bertz CT molecular complexity index is 541. The van der Waals surface area contributed by atoms with Crippen LogP contribution in [0.15, 0.2) is 27.7 Å². The second-order valence-electron chi connectivity index (χ2n) is 5.80. The number of hydrogen-bond donors (Lipinski definition) is 0. The molecule has 2 fully saturated rings. The molecule has 0 atom stereocenters. The molecule has 0 unspecified atom stereocenters. The molecular weight excluding hydrogens is 316 g/mol. The van der Waals surface area contributed by atoms with E-state index in [-0.39, 0.29) is 5.54 Å². The summed E-state index contributed by atoms with van der Waals surface area (Å²) in [6.45, 7) is 2.27. The first-order chi connectivity index (χ1) is 9.75. The molecular formula is C16H19BrN2O. The summed E-state index contributed by atoms with van der Waals surface area (Å²) in [6, 6.07) is 6.45. The summed E-state index contributed by atoms with van der Waals surface area (Å²) in [5.41, 5.74) is 2.10. The van der Waals surface area contributed by atoms with Crippen LogP contribution in [0.5, 0.6) is 0 Å². The van der Waals surface area contributed by atoms with Gasteiger partial charge in [0.1, 0.15) is 0 Å². The molecule has 2 aliphatic rings. The van der Waals surface area contributed by atoms with Crippen molar-refractivity contribution in [2.24, 2.45) is 4.99 Å². The summed E-state index contributed by atoms with van der Waals surface area (Å²) in [4.78, 5) is 17.2. The second kappa shape index (κ2) is 5.71. The van der Waals surface area contributed by atoms with Gasteiger partial charge < -0.3 is 4.90 Å². The third-order valence-corrected chi connectivity index (χ3v) is 5.26. The molecule has 1 heterocycles. The number of halogens is 1. The minimum Gasteiger partial charge on any atom is -0.371 e. The third kappa shape index (κ3) is 2.43. The summed E-state index contributed by atoms with van der Waals surface area (Å²) >= 11 is 3.70. The average Bonchev–Trinajstić information content (AvgIpc) is 2.44. The lowest BCUT2D eigenvalue weighted by atomic mass is 9.72. The fraction of sp³-hybridized carbons (Fsp3) is 0.562. The van der Waals surface area contributed by atoms with Crippen molar-refractivity contribution in [2.75, 3.05) is 18.0 Å². The van der Waals surface area contributed by atoms with Crippen molar-refractivity contribution in [2.45, 2.75) is 44.1 Å². The number of piperidine rings is 1. The topological polar surface area (TPSA) is 32.7 Å². The molecule has 0 amide bonds. The number of aliphatic imine (C=N–C) groups is 1. The lowest BCUT2D eigenvalue weighted by Crippen LogP contribution is -2.32. The number of hydrogen-bond acceptors (Lipinski definition) is 3. The molecule has 4 heteroatoms. The van der Waals surface area contributed by atoms with Crippen LogP contribution in [0.2, 0.25) is 0 Å². The van der Waals surface area contributed by atoms with E-state index < -0.39 is 0 Å². The minimum absolute atomic E-state index is 0.301. The van der Waals surface area contributed by atoms with Crippen LogP contribution in [0.3, 0.4) is 0 Å². The number of isocyanates is 1. The van der Waals surface area contributed by atoms with Crippen molar-refractivity contribution in [1.29, 1.82) is 0 Å². The molecule has 3 rings (SSSR count). The molecule has 0 aromatic heterocycles. The van der Waals surface area contributed by atoms with Crippen LogP contribution in [-0.2, 0) is 10.3 Å². The number of benzene rings is 1. The number of rotatable bonds is 3. The first-order valence-corrected chi connectivity index (χ1v) is 8.18. The van der Waals surface area contributed by atoms with E-state index in [9.17, 15) is 4.79 Å². The van der Waals surface area contributed by atoms with Gasteiger partial charge in [0.05, 0.1) is 11.2 Å². The Morgan fingerprint density at radius 2 is 1.90 bits per heavy atom. The Labute approximate surface area is 128 Å². The number of nitrogens with zero attached hydrogens (tertiary/aromatic N) is 2. The summed E-state index contributed by atoms with van der Waals surface area (Å²) in [7, 11) is 0. The third-order valence-electron chi connectivity index (χ3n) is 4.62. The van der Waals surface area contributed by atoms with Gasteiger partial charge in [0.25, 0.3) is 0 Å². The molecule has 1 aromatic rings. The quantitative estimate of drug-likeness (QED) is 0.614. The molecule has 1 saturated carbocycles. The molecule has 0 spiro atoms. The monoisotopic (exact) mass is 334 g/mol. The zero-order valence-electron chi connectivity index (χ0n) is 11.6. The van der Waals surface area contributed by atoms with Crippen LogP contribution in [-0.4, -0.2) is 19.2 Å². The van der Waals surface area contributed by atoms with E-state index in [2.05, 4.69) is 44.0 Å². The van der Waals surface area contributed by atoms with Crippen LogP contribution in [0.4, 0.5) is 5.69 Å². The maximum absolute atomic E-state index is 10.7. The van der Waals surface area contributed by atoms with E-state index in [4.69, 9.17) is 0 Å².